The number of H-pyrrole nitrogens is 1. The van der Waals surface area contributed by atoms with E-state index in [-0.39, 0.29) is 11.4 Å². The summed E-state index contributed by atoms with van der Waals surface area (Å²) in [5.74, 6) is 0.379. The van der Waals surface area contributed by atoms with Crippen molar-refractivity contribution < 1.29 is 13.2 Å². The van der Waals surface area contributed by atoms with Gasteiger partial charge >= 0.3 is 0 Å². The molecule has 6 nitrogen and oxygen atoms in total. The molecule has 0 aliphatic rings. The van der Waals surface area contributed by atoms with Gasteiger partial charge in [0.15, 0.2) is 0 Å². The number of ether oxygens (including phenoxy) is 1. The molecule has 1 aromatic heterocycles. The van der Waals surface area contributed by atoms with Gasteiger partial charge in [-0.25, -0.2) is 8.42 Å². The average molecular weight is 323 g/mol. The maximum absolute atomic E-state index is 12.8. The number of benzene rings is 1. The Kier molecular flexibility index (Phi) is 4.87. The van der Waals surface area contributed by atoms with Crippen molar-refractivity contribution in [2.75, 3.05) is 13.7 Å². The average Bonchev–Trinajstić information content (AvgIpc) is 2.86. The lowest BCUT2D eigenvalue weighted by Gasteiger charge is -2.19. The molecule has 7 heteroatoms. The first-order chi connectivity index (χ1) is 10.4. The normalized spacial score (nSPS) is 11.9. The summed E-state index contributed by atoms with van der Waals surface area (Å²) in [4.78, 5) is 0.193. The van der Waals surface area contributed by atoms with Gasteiger partial charge in [-0.05, 0) is 38.5 Å². The van der Waals surface area contributed by atoms with E-state index in [0.29, 0.717) is 12.4 Å². The first-order valence-electron chi connectivity index (χ1n) is 7.05. The molecule has 0 aliphatic carbocycles. The van der Waals surface area contributed by atoms with Crippen molar-refractivity contribution >= 4 is 10.0 Å². The quantitative estimate of drug-likeness (QED) is 0.884. The summed E-state index contributed by atoms with van der Waals surface area (Å²) in [6.45, 7) is 6.21. The van der Waals surface area contributed by atoms with Crippen LogP contribution < -0.4 is 4.74 Å². The van der Waals surface area contributed by atoms with Crippen molar-refractivity contribution in [3.05, 3.63) is 41.2 Å². The SMILES string of the molecule is CCOc1ccc(C)cc1S(=O)(=O)N(C)Cc1cn[nH]c1C. The summed E-state index contributed by atoms with van der Waals surface area (Å²) in [5.41, 5.74) is 2.57. The van der Waals surface area contributed by atoms with Crippen LogP contribution in [0.4, 0.5) is 0 Å². The van der Waals surface area contributed by atoms with Crippen LogP contribution in [-0.4, -0.2) is 36.6 Å². The van der Waals surface area contributed by atoms with Gasteiger partial charge in [-0.2, -0.15) is 9.40 Å². The van der Waals surface area contributed by atoms with E-state index in [0.717, 1.165) is 16.8 Å². The molecule has 2 aromatic rings. The molecule has 0 saturated carbocycles. The second-order valence-electron chi connectivity index (χ2n) is 5.16. The Morgan fingerprint density at radius 3 is 2.64 bits per heavy atom. The van der Waals surface area contributed by atoms with Crippen LogP contribution in [0.3, 0.4) is 0 Å². The fraction of sp³-hybridized carbons (Fsp3) is 0.400. The van der Waals surface area contributed by atoms with Gasteiger partial charge in [0.25, 0.3) is 0 Å². The highest BCUT2D eigenvalue weighted by Gasteiger charge is 2.25. The van der Waals surface area contributed by atoms with Gasteiger partial charge in [0.1, 0.15) is 10.6 Å². The van der Waals surface area contributed by atoms with Gasteiger partial charge in [0.2, 0.25) is 10.0 Å². The van der Waals surface area contributed by atoms with Gasteiger partial charge in [-0.15, -0.1) is 0 Å². The zero-order valence-corrected chi connectivity index (χ0v) is 14.1. The fourth-order valence-electron chi connectivity index (χ4n) is 2.12. The van der Waals surface area contributed by atoms with E-state index in [1.807, 2.05) is 26.8 Å². The Labute approximate surface area is 131 Å². The summed E-state index contributed by atoms with van der Waals surface area (Å²) in [7, 11) is -2.09. The Bertz CT molecular complexity index is 753. The van der Waals surface area contributed by atoms with Crippen LogP contribution in [0.2, 0.25) is 0 Å². The molecule has 0 amide bonds. The molecule has 0 radical (unpaired) electrons. The molecule has 0 saturated heterocycles. The lowest BCUT2D eigenvalue weighted by atomic mass is 10.2. The van der Waals surface area contributed by atoms with Gasteiger partial charge < -0.3 is 4.74 Å². The molecule has 0 bridgehead atoms. The van der Waals surface area contributed by atoms with Crippen LogP contribution in [0, 0.1) is 13.8 Å². The molecule has 120 valence electrons. The van der Waals surface area contributed by atoms with Gasteiger partial charge in [0, 0.05) is 24.8 Å². The minimum absolute atomic E-state index is 0.193. The summed E-state index contributed by atoms with van der Waals surface area (Å²) in [5, 5.41) is 6.73. The van der Waals surface area contributed by atoms with E-state index in [1.165, 1.54) is 4.31 Å². The molecule has 0 atom stereocenters. The first kappa shape index (κ1) is 16.5. The van der Waals surface area contributed by atoms with E-state index < -0.39 is 10.0 Å². The Morgan fingerprint density at radius 1 is 1.32 bits per heavy atom. The highest BCUT2D eigenvalue weighted by Crippen LogP contribution is 2.28. The molecule has 1 N–H and O–H groups in total. The molecular formula is C15H21N3O3S. The number of hydrogen-bond acceptors (Lipinski definition) is 4. The third kappa shape index (κ3) is 3.31. The zero-order chi connectivity index (χ0) is 16.3. The molecule has 1 aromatic carbocycles. The molecule has 0 fully saturated rings. The fourth-order valence-corrected chi connectivity index (χ4v) is 3.48. The van der Waals surface area contributed by atoms with Crippen molar-refractivity contribution in [3.63, 3.8) is 0 Å². The van der Waals surface area contributed by atoms with E-state index in [9.17, 15) is 8.42 Å². The third-order valence-corrected chi connectivity index (χ3v) is 5.24. The van der Waals surface area contributed by atoms with E-state index in [2.05, 4.69) is 10.2 Å². The number of rotatable bonds is 6. The lowest BCUT2D eigenvalue weighted by Crippen LogP contribution is -2.27. The maximum atomic E-state index is 12.8. The standard InChI is InChI=1S/C15H21N3O3S/c1-5-21-14-7-6-11(2)8-15(14)22(19,20)18(4)10-13-9-16-17-12(13)3/h6-9H,5,10H2,1-4H3,(H,16,17). The smallest absolute Gasteiger partial charge is 0.246 e. The van der Waals surface area contributed by atoms with Crippen molar-refractivity contribution in [1.82, 2.24) is 14.5 Å². The number of aryl methyl sites for hydroxylation is 2. The first-order valence-corrected chi connectivity index (χ1v) is 8.49. The summed E-state index contributed by atoms with van der Waals surface area (Å²) >= 11 is 0. The van der Waals surface area contributed by atoms with E-state index in [1.54, 1.807) is 25.4 Å². The van der Waals surface area contributed by atoms with Gasteiger partial charge in [0.05, 0.1) is 12.8 Å². The molecule has 2 rings (SSSR count). The minimum atomic E-state index is -3.64. The highest BCUT2D eigenvalue weighted by molar-refractivity contribution is 7.89. The van der Waals surface area contributed by atoms with E-state index >= 15 is 0 Å². The van der Waals surface area contributed by atoms with Crippen molar-refractivity contribution in [2.24, 2.45) is 0 Å². The largest absolute Gasteiger partial charge is 0.492 e. The third-order valence-electron chi connectivity index (χ3n) is 3.41. The van der Waals surface area contributed by atoms with Crippen molar-refractivity contribution in [1.29, 1.82) is 0 Å². The zero-order valence-electron chi connectivity index (χ0n) is 13.3. The minimum Gasteiger partial charge on any atom is -0.492 e. The summed E-state index contributed by atoms with van der Waals surface area (Å²) in [6, 6.07) is 5.17. The Morgan fingerprint density at radius 2 is 2.05 bits per heavy atom. The topological polar surface area (TPSA) is 75.3 Å². The molecule has 0 aliphatic heterocycles. The van der Waals surface area contributed by atoms with Gasteiger partial charge in [-0.3, -0.25) is 5.10 Å². The van der Waals surface area contributed by atoms with E-state index in [4.69, 9.17) is 4.74 Å². The molecule has 0 spiro atoms. The Balaban J connectivity index is 2.37. The molecular weight excluding hydrogens is 302 g/mol. The number of nitrogens with zero attached hydrogens (tertiary/aromatic N) is 2. The van der Waals surface area contributed by atoms with Crippen LogP contribution in [0.5, 0.6) is 5.75 Å². The van der Waals surface area contributed by atoms with Crippen molar-refractivity contribution in [3.8, 4) is 5.75 Å². The summed E-state index contributed by atoms with van der Waals surface area (Å²) < 4.78 is 32.4. The van der Waals surface area contributed by atoms with Crippen LogP contribution in [-0.2, 0) is 16.6 Å². The molecule has 22 heavy (non-hydrogen) atoms. The van der Waals surface area contributed by atoms with Crippen molar-refractivity contribution in [2.45, 2.75) is 32.2 Å². The predicted octanol–water partition coefficient (Wildman–Crippen LogP) is 2.25. The second kappa shape index (κ2) is 6.50. The van der Waals surface area contributed by atoms with Gasteiger partial charge in [-0.1, -0.05) is 6.07 Å². The predicted molar refractivity (Wildman–Crippen MR) is 84.3 cm³/mol. The van der Waals surface area contributed by atoms with Crippen LogP contribution in [0.1, 0.15) is 23.7 Å². The monoisotopic (exact) mass is 323 g/mol. The lowest BCUT2D eigenvalue weighted by molar-refractivity contribution is 0.329. The molecule has 1 heterocycles. The number of hydrogen-bond donors (Lipinski definition) is 1. The molecule has 0 unspecified atom stereocenters. The second-order valence-corrected chi connectivity index (χ2v) is 7.18. The number of sulfonamides is 1. The summed E-state index contributed by atoms with van der Waals surface area (Å²) in [6.07, 6.45) is 1.64. The van der Waals surface area contributed by atoms with Crippen LogP contribution >= 0.6 is 0 Å². The van der Waals surface area contributed by atoms with Crippen LogP contribution in [0.15, 0.2) is 29.3 Å². The van der Waals surface area contributed by atoms with Crippen LogP contribution in [0.25, 0.3) is 0 Å². The maximum Gasteiger partial charge on any atom is 0.246 e. The number of aromatic nitrogens is 2. The Hall–Kier alpha value is -1.86. The highest BCUT2D eigenvalue weighted by atomic mass is 32.2. The number of aromatic amines is 1. The number of nitrogens with one attached hydrogen (secondary N) is 1.